The maximum atomic E-state index is 11.0. The third kappa shape index (κ3) is 4.49. The Morgan fingerprint density at radius 3 is 2.17 bits per heavy atom. The Balaban J connectivity index is 2.24. The number of carbonyl (C=O) groups is 1. The molecule has 0 aliphatic heterocycles. The number of halogens is 1. The molecule has 0 aliphatic carbocycles. The Hall–Kier alpha value is -2.05. The molecule has 1 N–H and O–H groups in total. The van der Waals surface area contributed by atoms with Gasteiger partial charge in [-0.15, -0.1) is 0 Å². The molecular formula is C21H21BrO2. The van der Waals surface area contributed by atoms with Crippen LogP contribution in [0.5, 0.6) is 0 Å². The fourth-order valence-electron chi connectivity index (χ4n) is 2.47. The summed E-state index contributed by atoms with van der Waals surface area (Å²) in [6, 6.07) is 13.7. The smallest absolute Gasteiger partial charge is 0.310 e. The summed E-state index contributed by atoms with van der Waals surface area (Å²) in [5.74, 6) is 5.48. The lowest BCUT2D eigenvalue weighted by atomic mass is 9.96. The van der Waals surface area contributed by atoms with Gasteiger partial charge in [-0.3, -0.25) is 4.79 Å². The van der Waals surface area contributed by atoms with Crippen LogP contribution >= 0.6 is 15.9 Å². The molecule has 1 unspecified atom stereocenters. The normalized spacial score (nSPS) is 11.7. The molecule has 0 heterocycles. The molecule has 2 aromatic carbocycles. The predicted molar refractivity (Wildman–Crippen MR) is 102 cm³/mol. The van der Waals surface area contributed by atoms with Gasteiger partial charge >= 0.3 is 5.97 Å². The van der Waals surface area contributed by atoms with Gasteiger partial charge < -0.3 is 5.11 Å². The largest absolute Gasteiger partial charge is 0.481 e. The van der Waals surface area contributed by atoms with Crippen molar-refractivity contribution in [2.75, 3.05) is 0 Å². The van der Waals surface area contributed by atoms with Crippen LogP contribution in [0.3, 0.4) is 0 Å². The van der Waals surface area contributed by atoms with Gasteiger partial charge in [0.05, 0.1) is 5.92 Å². The van der Waals surface area contributed by atoms with Gasteiger partial charge in [-0.1, -0.05) is 59.8 Å². The number of carboxylic acid groups (broad SMARTS) is 1. The second-order valence-corrected chi connectivity index (χ2v) is 6.69. The zero-order chi connectivity index (χ0) is 17.7. The highest BCUT2D eigenvalue weighted by Crippen LogP contribution is 2.23. The summed E-state index contributed by atoms with van der Waals surface area (Å²) in [5.41, 5.74) is 5.27. The average molecular weight is 385 g/mol. The first-order chi connectivity index (χ1) is 11.4. The predicted octanol–water partition coefficient (Wildman–Crippen LogP) is 5.29. The SMILES string of the molecule is CC(C)c1cc(C#Cc2ccc(C(C)C(=O)O)cc2)ccc1CBr. The van der Waals surface area contributed by atoms with Crippen molar-refractivity contribution < 1.29 is 9.90 Å². The molecule has 0 amide bonds. The molecule has 0 aliphatic rings. The Labute approximate surface area is 152 Å². The highest BCUT2D eigenvalue weighted by atomic mass is 79.9. The quantitative estimate of drug-likeness (QED) is 0.573. The number of benzene rings is 2. The minimum Gasteiger partial charge on any atom is -0.481 e. The van der Waals surface area contributed by atoms with Crippen molar-refractivity contribution in [3.8, 4) is 11.8 Å². The summed E-state index contributed by atoms with van der Waals surface area (Å²) < 4.78 is 0. The van der Waals surface area contributed by atoms with Crippen LogP contribution in [0.25, 0.3) is 0 Å². The highest BCUT2D eigenvalue weighted by Gasteiger charge is 2.12. The summed E-state index contributed by atoms with van der Waals surface area (Å²) in [6.07, 6.45) is 0. The highest BCUT2D eigenvalue weighted by molar-refractivity contribution is 9.08. The van der Waals surface area contributed by atoms with Gasteiger partial charge in [0.2, 0.25) is 0 Å². The van der Waals surface area contributed by atoms with Crippen LogP contribution in [0, 0.1) is 11.8 Å². The third-order valence-corrected chi connectivity index (χ3v) is 4.65. The van der Waals surface area contributed by atoms with E-state index in [1.54, 1.807) is 6.92 Å². The summed E-state index contributed by atoms with van der Waals surface area (Å²) in [5, 5.41) is 9.88. The lowest BCUT2D eigenvalue weighted by molar-refractivity contribution is -0.138. The van der Waals surface area contributed by atoms with Crippen LogP contribution in [0.1, 0.15) is 60.4 Å². The minimum absolute atomic E-state index is 0.455. The second kappa shape index (κ2) is 8.17. The standard InChI is InChI=1S/C21H21BrO2/c1-14(2)20-12-17(8-11-19(20)13-22)5-4-16-6-9-18(10-7-16)15(3)21(23)24/h6-12,14-15H,13H2,1-3H3,(H,23,24). The number of alkyl halides is 1. The van der Waals surface area contributed by atoms with E-state index in [2.05, 4.69) is 53.8 Å². The topological polar surface area (TPSA) is 37.3 Å². The van der Waals surface area contributed by atoms with Crippen LogP contribution in [0.2, 0.25) is 0 Å². The summed E-state index contributed by atoms with van der Waals surface area (Å²) >= 11 is 3.53. The van der Waals surface area contributed by atoms with Gasteiger partial charge in [-0.25, -0.2) is 0 Å². The number of hydrogen-bond donors (Lipinski definition) is 1. The van der Waals surface area contributed by atoms with Gasteiger partial charge in [0.1, 0.15) is 0 Å². The van der Waals surface area contributed by atoms with Crippen molar-refractivity contribution in [1.82, 2.24) is 0 Å². The monoisotopic (exact) mass is 384 g/mol. The second-order valence-electron chi connectivity index (χ2n) is 6.13. The first kappa shape index (κ1) is 18.3. The summed E-state index contributed by atoms with van der Waals surface area (Å²) in [6.45, 7) is 6.05. The van der Waals surface area contributed by atoms with Crippen LogP contribution in [0.4, 0.5) is 0 Å². The van der Waals surface area contributed by atoms with Crippen LogP contribution in [-0.4, -0.2) is 11.1 Å². The van der Waals surface area contributed by atoms with Crippen molar-refractivity contribution in [2.45, 2.75) is 37.9 Å². The fraction of sp³-hybridized carbons (Fsp3) is 0.286. The van der Waals surface area contributed by atoms with Crippen molar-refractivity contribution in [3.05, 3.63) is 70.3 Å². The Morgan fingerprint density at radius 2 is 1.62 bits per heavy atom. The van der Waals surface area contributed by atoms with E-state index in [0.29, 0.717) is 5.92 Å². The molecule has 0 saturated carbocycles. The van der Waals surface area contributed by atoms with E-state index in [0.717, 1.165) is 22.0 Å². The lowest BCUT2D eigenvalue weighted by Crippen LogP contribution is -2.06. The van der Waals surface area contributed by atoms with E-state index in [9.17, 15) is 4.79 Å². The maximum absolute atomic E-state index is 11.0. The number of hydrogen-bond acceptors (Lipinski definition) is 1. The van der Waals surface area contributed by atoms with Crippen LogP contribution < -0.4 is 0 Å². The molecule has 2 nitrogen and oxygen atoms in total. The number of rotatable bonds is 4. The van der Waals surface area contributed by atoms with Crippen molar-refractivity contribution in [3.63, 3.8) is 0 Å². The minimum atomic E-state index is -0.818. The van der Waals surface area contributed by atoms with E-state index in [1.807, 2.05) is 30.3 Å². The van der Waals surface area contributed by atoms with Crippen molar-refractivity contribution in [1.29, 1.82) is 0 Å². The Kier molecular flexibility index (Phi) is 6.23. The molecule has 0 bridgehead atoms. The molecule has 24 heavy (non-hydrogen) atoms. The Morgan fingerprint density at radius 1 is 1.04 bits per heavy atom. The summed E-state index contributed by atoms with van der Waals surface area (Å²) in [4.78, 5) is 11.0. The van der Waals surface area contributed by atoms with E-state index in [4.69, 9.17) is 5.11 Å². The van der Waals surface area contributed by atoms with Gasteiger partial charge in [0, 0.05) is 16.5 Å². The van der Waals surface area contributed by atoms with Gasteiger partial charge in [-0.2, -0.15) is 0 Å². The van der Waals surface area contributed by atoms with E-state index in [-0.39, 0.29) is 0 Å². The van der Waals surface area contributed by atoms with Gasteiger partial charge in [-0.05, 0) is 53.8 Å². The Bertz CT molecular complexity index is 780. The first-order valence-corrected chi connectivity index (χ1v) is 9.08. The fourth-order valence-corrected chi connectivity index (χ4v) is 2.98. The molecule has 0 saturated heterocycles. The van der Waals surface area contributed by atoms with Crippen molar-refractivity contribution in [2.24, 2.45) is 0 Å². The first-order valence-electron chi connectivity index (χ1n) is 7.96. The number of aliphatic carboxylic acids is 1. The number of carboxylic acids is 1. The molecule has 124 valence electrons. The van der Waals surface area contributed by atoms with E-state index >= 15 is 0 Å². The van der Waals surface area contributed by atoms with E-state index in [1.165, 1.54) is 11.1 Å². The van der Waals surface area contributed by atoms with Crippen LogP contribution in [-0.2, 0) is 10.1 Å². The van der Waals surface area contributed by atoms with Crippen LogP contribution in [0.15, 0.2) is 42.5 Å². The molecule has 3 heteroatoms. The molecular weight excluding hydrogens is 364 g/mol. The molecule has 0 aromatic heterocycles. The molecule has 2 aromatic rings. The molecule has 0 spiro atoms. The third-order valence-electron chi connectivity index (χ3n) is 4.04. The summed E-state index contributed by atoms with van der Waals surface area (Å²) in [7, 11) is 0. The zero-order valence-electron chi connectivity index (χ0n) is 14.1. The molecule has 0 radical (unpaired) electrons. The lowest BCUT2D eigenvalue weighted by Gasteiger charge is -2.11. The maximum Gasteiger partial charge on any atom is 0.310 e. The zero-order valence-corrected chi connectivity index (χ0v) is 15.7. The van der Waals surface area contributed by atoms with E-state index < -0.39 is 11.9 Å². The molecule has 2 rings (SSSR count). The average Bonchev–Trinajstić information content (AvgIpc) is 2.59. The van der Waals surface area contributed by atoms with Gasteiger partial charge in [0.25, 0.3) is 0 Å². The molecule has 1 atom stereocenters. The van der Waals surface area contributed by atoms with Crippen molar-refractivity contribution >= 4 is 21.9 Å². The molecule has 0 fully saturated rings. The van der Waals surface area contributed by atoms with Gasteiger partial charge in [0.15, 0.2) is 0 Å².